The van der Waals surface area contributed by atoms with E-state index in [0.717, 1.165) is 0 Å². The van der Waals surface area contributed by atoms with Crippen LogP contribution in [0.15, 0.2) is 96.0 Å². The van der Waals surface area contributed by atoms with Gasteiger partial charge in [0.25, 0.3) is 0 Å². The van der Waals surface area contributed by atoms with E-state index in [1.165, 1.54) is 15.9 Å². The van der Waals surface area contributed by atoms with E-state index in [0.29, 0.717) is 11.8 Å². The summed E-state index contributed by atoms with van der Waals surface area (Å²) in [7, 11) is 7.74. The number of benzene rings is 3. The fraction of sp³-hybridized carbons (Fsp3) is 0.269. The van der Waals surface area contributed by atoms with Crippen molar-refractivity contribution >= 4 is 37.4 Å². The Morgan fingerprint density at radius 2 is 1.07 bits per heavy atom. The summed E-state index contributed by atoms with van der Waals surface area (Å²) in [6, 6.07) is 33.0. The summed E-state index contributed by atoms with van der Waals surface area (Å²) in [6.07, 6.45) is 2.11. The number of aliphatic imine (C=N–C) groups is 1. The van der Waals surface area contributed by atoms with Crippen LogP contribution in [0.4, 0.5) is 0 Å². The van der Waals surface area contributed by atoms with Crippen LogP contribution in [-0.4, -0.2) is 10.9 Å². The minimum absolute atomic E-state index is 0.172. The molecule has 0 aliphatic carbocycles. The van der Waals surface area contributed by atoms with Gasteiger partial charge in [0.1, 0.15) is 0 Å². The Balaban J connectivity index is 2.33. The van der Waals surface area contributed by atoms with E-state index in [2.05, 4.69) is 125 Å². The molecule has 0 saturated heterocycles. The number of hydrogen-bond acceptors (Lipinski definition) is 1. The summed E-state index contributed by atoms with van der Waals surface area (Å²) in [6.45, 7) is 8.91. The number of halogens is 1. The number of rotatable bonds is 8. The van der Waals surface area contributed by atoms with E-state index in [9.17, 15) is 0 Å². The second kappa shape index (κ2) is 10.8. The van der Waals surface area contributed by atoms with Crippen LogP contribution in [0.5, 0.6) is 0 Å². The molecule has 0 heterocycles. The summed E-state index contributed by atoms with van der Waals surface area (Å²) in [5, 5.41) is 4.17. The molecule has 0 aliphatic rings. The van der Waals surface area contributed by atoms with Gasteiger partial charge in [0.05, 0.1) is 0 Å². The predicted octanol–water partition coefficient (Wildman–Crippen LogP) is 6.11. The van der Waals surface area contributed by atoms with Gasteiger partial charge >= 0.3 is 192 Å². The average Bonchev–Trinajstić information content (AvgIpc) is 2.76. The first-order chi connectivity index (χ1) is 14.5. The quantitative estimate of drug-likeness (QED) is 0.191. The van der Waals surface area contributed by atoms with E-state index < -0.39 is 20.1 Å². The van der Waals surface area contributed by atoms with Gasteiger partial charge in [-0.1, -0.05) is 0 Å². The van der Waals surface area contributed by atoms with Gasteiger partial charge < -0.3 is 0 Å². The Labute approximate surface area is 191 Å². The van der Waals surface area contributed by atoms with Crippen molar-refractivity contribution in [3.63, 3.8) is 0 Å². The molecule has 0 aliphatic heterocycles. The average molecular weight is 526 g/mol. The third kappa shape index (κ3) is 4.94. The number of nitrogens with zero attached hydrogens (tertiary/aromatic N) is 1. The molecule has 0 fully saturated rings. The normalized spacial score (nSPS) is 14.3. The van der Waals surface area contributed by atoms with Crippen molar-refractivity contribution in [3.8, 4) is 0 Å². The Hall–Kier alpha value is -1.33. The number of hydrogen-bond donors (Lipinski definition) is 0. The summed E-state index contributed by atoms with van der Waals surface area (Å²) < 4.78 is 0.172. The fourth-order valence-electron chi connectivity index (χ4n) is 3.62. The standard InChI is InChI=1S/C18H15P.C8H16N.ClH.Ru/c1-4-10-16(11-5-1)19(17-12-6-2-7-13-17)18-14-8-3-9-15-18;1-7(2)5-9-6-8(3)4;;/h1-15H;5-8H,1-4H3;1H;. The molecule has 0 aromatic heterocycles. The van der Waals surface area contributed by atoms with Crippen molar-refractivity contribution in [2.75, 3.05) is 0 Å². The maximum absolute atomic E-state index is 7.74. The van der Waals surface area contributed by atoms with Gasteiger partial charge in [0.2, 0.25) is 0 Å². The van der Waals surface area contributed by atoms with Gasteiger partial charge in [0.15, 0.2) is 0 Å². The van der Waals surface area contributed by atoms with E-state index in [1.54, 1.807) is 0 Å². The Kier molecular flexibility index (Phi) is 8.41. The summed E-state index contributed by atoms with van der Waals surface area (Å²) in [5.74, 6) is 0.824. The molecular weight excluding hydrogens is 494 g/mol. The molecule has 1 unspecified atom stereocenters. The molecule has 0 bridgehead atoms. The van der Waals surface area contributed by atoms with Crippen molar-refractivity contribution in [1.82, 2.24) is 0 Å². The van der Waals surface area contributed by atoms with Gasteiger partial charge in [-0.15, -0.1) is 0 Å². The Morgan fingerprint density at radius 3 is 1.37 bits per heavy atom. The minimum atomic E-state index is -2.43. The van der Waals surface area contributed by atoms with Crippen LogP contribution in [0.25, 0.3) is 0 Å². The second-order valence-electron chi connectivity index (χ2n) is 8.13. The van der Waals surface area contributed by atoms with Crippen LogP contribution in [0.3, 0.4) is 0 Å². The van der Waals surface area contributed by atoms with Crippen LogP contribution in [0.2, 0.25) is 0 Å². The van der Waals surface area contributed by atoms with Crippen molar-refractivity contribution in [1.29, 1.82) is 0 Å². The Bertz CT molecular complexity index is 832. The van der Waals surface area contributed by atoms with E-state index in [4.69, 9.17) is 14.7 Å². The zero-order chi connectivity index (χ0) is 21.6. The van der Waals surface area contributed by atoms with Gasteiger partial charge in [-0.3, -0.25) is 0 Å². The first-order valence-corrected chi connectivity index (χ1v) is 18.2. The summed E-state index contributed by atoms with van der Waals surface area (Å²) >= 11 is -2.01. The molecule has 1 nitrogen and oxygen atoms in total. The molecule has 30 heavy (non-hydrogen) atoms. The second-order valence-corrected chi connectivity index (χ2v) is 22.6. The molecule has 1 atom stereocenters. The van der Waals surface area contributed by atoms with Gasteiger partial charge in [-0.2, -0.15) is 0 Å². The maximum atomic E-state index is 7.74. The van der Waals surface area contributed by atoms with Crippen molar-refractivity contribution in [3.05, 3.63) is 91.0 Å². The molecule has 0 radical (unpaired) electrons. The van der Waals surface area contributed by atoms with Crippen LogP contribution in [-0.2, 0) is 14.5 Å². The van der Waals surface area contributed by atoms with Crippen molar-refractivity contribution in [2.24, 2.45) is 16.8 Å². The Morgan fingerprint density at radius 1 is 0.700 bits per heavy atom. The molecule has 3 rings (SSSR count). The molecule has 0 N–H and O–H groups in total. The van der Waals surface area contributed by atoms with Crippen LogP contribution in [0.1, 0.15) is 27.7 Å². The van der Waals surface area contributed by atoms with Crippen LogP contribution < -0.4 is 15.9 Å². The molecule has 0 amide bonds. The van der Waals surface area contributed by atoms with Crippen LogP contribution in [0, 0.1) is 11.8 Å². The fourth-order valence-corrected chi connectivity index (χ4v) is 25.2. The van der Waals surface area contributed by atoms with E-state index in [-0.39, 0.29) is 4.64 Å². The van der Waals surface area contributed by atoms with Gasteiger partial charge in [-0.25, -0.2) is 0 Å². The summed E-state index contributed by atoms with van der Waals surface area (Å²) in [4.78, 5) is 5.11. The third-order valence-electron chi connectivity index (χ3n) is 4.99. The molecular formula is C26H32ClNPRu. The molecule has 161 valence electrons. The zero-order valence-corrected chi connectivity index (χ0v) is 21.6. The monoisotopic (exact) mass is 526 g/mol. The van der Waals surface area contributed by atoms with Crippen LogP contribution >= 0.6 is 15.3 Å². The zero-order valence-electron chi connectivity index (χ0n) is 18.1. The molecule has 3 aromatic carbocycles. The molecule has 3 aromatic rings. The van der Waals surface area contributed by atoms with Gasteiger partial charge in [0, 0.05) is 0 Å². The molecule has 4 heteroatoms. The summed E-state index contributed by atoms with van der Waals surface area (Å²) in [5.41, 5.74) is -2.43. The van der Waals surface area contributed by atoms with E-state index in [1.807, 2.05) is 0 Å². The topological polar surface area (TPSA) is 12.4 Å². The van der Waals surface area contributed by atoms with E-state index >= 15 is 0 Å². The third-order valence-corrected chi connectivity index (χ3v) is 25.1. The molecule has 0 saturated carbocycles. The predicted molar refractivity (Wildman–Crippen MR) is 134 cm³/mol. The first kappa shape index (κ1) is 23.3. The van der Waals surface area contributed by atoms with Gasteiger partial charge in [-0.05, 0) is 0 Å². The first-order valence-electron chi connectivity index (χ1n) is 10.5. The SMILES string of the molecule is CC(C)C=N[CH](C(C)C)[Ru]([Cl])[PH](c1ccccc1)(c1ccccc1)c1ccccc1. The van der Waals surface area contributed by atoms with Crippen molar-refractivity contribution in [2.45, 2.75) is 32.3 Å². The van der Waals surface area contributed by atoms with Crippen molar-refractivity contribution < 1.29 is 14.5 Å². The molecule has 0 spiro atoms.